The van der Waals surface area contributed by atoms with Gasteiger partial charge in [-0.3, -0.25) is 4.79 Å². The van der Waals surface area contributed by atoms with Gasteiger partial charge in [-0.2, -0.15) is 4.31 Å². The minimum absolute atomic E-state index is 0.177. The minimum Gasteiger partial charge on any atom is -0.379 e. The number of fused-ring (bicyclic) bond motifs is 2. The van der Waals surface area contributed by atoms with Crippen molar-refractivity contribution in [2.24, 2.45) is 0 Å². The quantitative estimate of drug-likeness (QED) is 0.650. The summed E-state index contributed by atoms with van der Waals surface area (Å²) in [6, 6.07) is 8.61. The summed E-state index contributed by atoms with van der Waals surface area (Å²) in [4.78, 5) is 22.0. The summed E-state index contributed by atoms with van der Waals surface area (Å²) in [6.07, 6.45) is 5.28. The van der Waals surface area contributed by atoms with Gasteiger partial charge in [-0.25, -0.2) is 13.4 Å². The van der Waals surface area contributed by atoms with Gasteiger partial charge < -0.3 is 14.6 Å². The molecular formula is C21H20N4O4S. The topological polar surface area (TPSA) is 95.6 Å². The maximum Gasteiger partial charge on any atom is 0.258 e. The summed E-state index contributed by atoms with van der Waals surface area (Å²) < 4.78 is 32.9. The first kappa shape index (κ1) is 19.0. The number of benzene rings is 1. The number of morpholine rings is 1. The van der Waals surface area contributed by atoms with E-state index in [0.717, 1.165) is 16.6 Å². The number of hydrogen-bond donors (Lipinski definition) is 1. The summed E-state index contributed by atoms with van der Waals surface area (Å²) >= 11 is 0. The molecule has 1 aromatic carbocycles. The summed E-state index contributed by atoms with van der Waals surface area (Å²) in [5.41, 5.74) is 3.30. The summed E-state index contributed by atoms with van der Waals surface area (Å²) in [5.74, 6) is -0.177. The number of aromatic nitrogens is 2. The normalized spacial score (nSPS) is 19.0. The molecule has 1 N–H and O–H groups in total. The predicted molar refractivity (Wildman–Crippen MR) is 113 cm³/mol. The largest absolute Gasteiger partial charge is 0.379 e. The van der Waals surface area contributed by atoms with E-state index in [1.807, 2.05) is 12.1 Å². The number of nitrogens with zero attached hydrogens (tertiary/aromatic N) is 3. The Bertz CT molecular complexity index is 1290. The van der Waals surface area contributed by atoms with Crippen molar-refractivity contribution >= 4 is 44.3 Å². The number of hydrogen-bond acceptors (Lipinski definition) is 5. The molecule has 0 spiro atoms. The van der Waals surface area contributed by atoms with Gasteiger partial charge in [0.1, 0.15) is 5.65 Å². The molecule has 2 aliphatic heterocycles. The highest BCUT2D eigenvalue weighted by Gasteiger charge is 2.33. The van der Waals surface area contributed by atoms with Crippen molar-refractivity contribution in [2.75, 3.05) is 38.3 Å². The van der Waals surface area contributed by atoms with Crippen molar-refractivity contribution in [3.05, 3.63) is 53.9 Å². The van der Waals surface area contributed by atoms with E-state index in [1.165, 1.54) is 4.31 Å². The van der Waals surface area contributed by atoms with Crippen LogP contribution in [0.25, 0.3) is 22.7 Å². The number of likely N-dealkylation sites (N-methyl/N-ethyl adjacent to an activating group) is 1. The van der Waals surface area contributed by atoms with Crippen LogP contribution in [0.5, 0.6) is 0 Å². The fourth-order valence-electron chi connectivity index (χ4n) is 3.92. The van der Waals surface area contributed by atoms with Crippen molar-refractivity contribution in [1.29, 1.82) is 0 Å². The highest BCUT2D eigenvalue weighted by molar-refractivity contribution is 7.89. The molecule has 0 aliphatic carbocycles. The summed E-state index contributed by atoms with van der Waals surface area (Å²) in [5, 5.41) is 0.894. The van der Waals surface area contributed by atoms with Gasteiger partial charge in [0, 0.05) is 54.6 Å². The summed E-state index contributed by atoms with van der Waals surface area (Å²) in [7, 11) is -1.97. The van der Waals surface area contributed by atoms with Crippen LogP contribution in [0.4, 0.5) is 5.69 Å². The number of anilines is 1. The van der Waals surface area contributed by atoms with Crippen molar-refractivity contribution in [3.8, 4) is 0 Å². The molecule has 9 heteroatoms. The van der Waals surface area contributed by atoms with E-state index >= 15 is 0 Å². The number of rotatable bonds is 3. The van der Waals surface area contributed by atoms with E-state index in [1.54, 1.807) is 48.6 Å². The molecule has 0 bridgehead atoms. The maximum atomic E-state index is 13.1. The van der Waals surface area contributed by atoms with Crippen molar-refractivity contribution in [2.45, 2.75) is 4.90 Å². The Labute approximate surface area is 173 Å². The third-order valence-electron chi connectivity index (χ3n) is 5.55. The first-order valence-electron chi connectivity index (χ1n) is 9.61. The van der Waals surface area contributed by atoms with Gasteiger partial charge in [0.2, 0.25) is 10.0 Å². The minimum atomic E-state index is -3.66. The molecule has 0 unspecified atom stereocenters. The van der Waals surface area contributed by atoms with Gasteiger partial charge in [-0.15, -0.1) is 0 Å². The molecule has 5 rings (SSSR count). The van der Waals surface area contributed by atoms with Gasteiger partial charge in [0.15, 0.2) is 0 Å². The van der Waals surface area contributed by atoms with E-state index in [9.17, 15) is 13.2 Å². The zero-order chi connectivity index (χ0) is 20.9. The molecule has 2 aromatic heterocycles. The van der Waals surface area contributed by atoms with E-state index in [0.29, 0.717) is 43.1 Å². The SMILES string of the molecule is CN1C(=O)/C(=C/c2c[nH]c3ncccc23)c2cc(S(=O)(=O)N3CCOCC3)ccc21. The molecule has 8 nitrogen and oxygen atoms in total. The number of sulfonamides is 1. The monoisotopic (exact) mass is 424 g/mol. The molecule has 1 fully saturated rings. The zero-order valence-corrected chi connectivity index (χ0v) is 17.1. The Morgan fingerprint density at radius 1 is 1.20 bits per heavy atom. The van der Waals surface area contributed by atoms with Gasteiger partial charge in [0.05, 0.1) is 23.8 Å². The Balaban J connectivity index is 1.61. The third-order valence-corrected chi connectivity index (χ3v) is 7.44. The lowest BCUT2D eigenvalue weighted by Crippen LogP contribution is -2.40. The van der Waals surface area contributed by atoms with Crippen LogP contribution in [0.2, 0.25) is 0 Å². The van der Waals surface area contributed by atoms with E-state index in [4.69, 9.17) is 4.74 Å². The smallest absolute Gasteiger partial charge is 0.258 e. The molecule has 2 aliphatic rings. The molecule has 0 atom stereocenters. The first-order valence-corrected chi connectivity index (χ1v) is 11.0. The van der Waals surface area contributed by atoms with Crippen LogP contribution in [0.3, 0.4) is 0 Å². The van der Waals surface area contributed by atoms with Crippen LogP contribution in [-0.4, -0.2) is 61.9 Å². The lowest BCUT2D eigenvalue weighted by molar-refractivity contribution is -0.112. The lowest BCUT2D eigenvalue weighted by Gasteiger charge is -2.26. The number of amides is 1. The van der Waals surface area contributed by atoms with Crippen LogP contribution in [0, 0.1) is 0 Å². The third kappa shape index (κ3) is 2.94. The molecule has 0 saturated carbocycles. The standard InChI is InChI=1S/C21H20N4O4S/c1-24-19-5-4-15(30(27,28)25-7-9-29-10-8-25)12-17(19)18(21(24)26)11-14-13-23-20-16(14)3-2-6-22-20/h2-6,11-13H,7-10H2,1H3,(H,22,23)/b18-11+. The highest BCUT2D eigenvalue weighted by Crippen LogP contribution is 2.39. The Hall–Kier alpha value is -3.01. The Morgan fingerprint density at radius 2 is 2.00 bits per heavy atom. The van der Waals surface area contributed by atoms with Crippen molar-refractivity contribution in [1.82, 2.24) is 14.3 Å². The van der Waals surface area contributed by atoms with Gasteiger partial charge in [-0.1, -0.05) is 0 Å². The number of nitrogens with one attached hydrogen (secondary N) is 1. The molecule has 0 radical (unpaired) electrons. The number of H-pyrrole nitrogens is 1. The van der Waals surface area contributed by atoms with E-state index in [2.05, 4.69) is 9.97 Å². The molecule has 30 heavy (non-hydrogen) atoms. The van der Waals surface area contributed by atoms with E-state index in [-0.39, 0.29) is 10.8 Å². The van der Waals surface area contributed by atoms with Crippen molar-refractivity contribution in [3.63, 3.8) is 0 Å². The number of carbonyl (C=O) groups excluding carboxylic acids is 1. The van der Waals surface area contributed by atoms with Crippen LogP contribution in [0.1, 0.15) is 11.1 Å². The van der Waals surface area contributed by atoms with Crippen molar-refractivity contribution < 1.29 is 17.9 Å². The predicted octanol–water partition coefficient (Wildman–Crippen LogP) is 2.10. The van der Waals surface area contributed by atoms with Gasteiger partial charge in [0.25, 0.3) is 5.91 Å². The Morgan fingerprint density at radius 3 is 2.80 bits per heavy atom. The molecule has 3 aromatic rings. The average molecular weight is 424 g/mol. The van der Waals surface area contributed by atoms with Crippen LogP contribution in [0.15, 0.2) is 47.6 Å². The number of carbonyl (C=O) groups is 1. The molecule has 1 amide bonds. The van der Waals surface area contributed by atoms with E-state index < -0.39 is 10.0 Å². The van der Waals surface area contributed by atoms with Gasteiger partial charge in [-0.05, 0) is 36.4 Å². The lowest BCUT2D eigenvalue weighted by atomic mass is 10.0. The average Bonchev–Trinajstić information content (AvgIpc) is 3.29. The first-order chi connectivity index (χ1) is 14.5. The fourth-order valence-corrected chi connectivity index (χ4v) is 5.35. The molecular weight excluding hydrogens is 404 g/mol. The second-order valence-electron chi connectivity index (χ2n) is 7.26. The molecule has 4 heterocycles. The van der Waals surface area contributed by atoms with Crippen LogP contribution >= 0.6 is 0 Å². The zero-order valence-electron chi connectivity index (χ0n) is 16.3. The summed E-state index contributed by atoms with van der Waals surface area (Å²) in [6.45, 7) is 1.41. The fraction of sp³-hybridized carbons (Fsp3) is 0.238. The van der Waals surface area contributed by atoms with Crippen LogP contribution in [-0.2, 0) is 19.6 Å². The Kier molecular flexibility index (Phi) is 4.46. The molecule has 154 valence electrons. The van der Waals surface area contributed by atoms with Crippen LogP contribution < -0.4 is 4.90 Å². The van der Waals surface area contributed by atoms with Gasteiger partial charge >= 0.3 is 0 Å². The number of pyridine rings is 1. The maximum absolute atomic E-state index is 13.1. The molecule has 1 saturated heterocycles. The number of ether oxygens (including phenoxy) is 1. The number of aromatic amines is 1. The second-order valence-corrected chi connectivity index (χ2v) is 9.20. The highest BCUT2D eigenvalue weighted by atomic mass is 32.2. The second kappa shape index (κ2) is 7.05.